The number of hydrogen-bond donors (Lipinski definition) is 10. The molecular formula is C47H67N5O19. The first-order valence-corrected chi connectivity index (χ1v) is 23.2. The monoisotopic (exact) mass is 1010 g/mol. The number of aliphatic carboxylic acids is 1. The van der Waals surface area contributed by atoms with Crippen LogP contribution in [0.15, 0.2) is 64.2 Å². The van der Waals surface area contributed by atoms with Gasteiger partial charge in [-0.2, -0.15) is 0 Å². The van der Waals surface area contributed by atoms with Crippen LogP contribution in [0.25, 0.3) is 11.1 Å². The molecule has 1 saturated heterocycles. The highest BCUT2D eigenvalue weighted by Gasteiger charge is 2.56. The van der Waals surface area contributed by atoms with E-state index < -0.39 is 91.1 Å². The predicted octanol–water partition coefficient (Wildman–Crippen LogP) is -2.49. The third kappa shape index (κ3) is 19.9. The zero-order valence-electron chi connectivity index (χ0n) is 39.7. The highest BCUT2D eigenvalue weighted by molar-refractivity contribution is 5.79. The molecule has 1 aliphatic rings. The van der Waals surface area contributed by atoms with Crippen LogP contribution in [0, 0.1) is 0 Å². The van der Waals surface area contributed by atoms with Crippen LogP contribution in [0.2, 0.25) is 0 Å². The number of aliphatic hydroxyl groups is 4. The fourth-order valence-corrected chi connectivity index (χ4v) is 7.07. The minimum Gasteiger partial charge on any atom is -0.477 e. The number of nitrogens with one attached hydrogen (secondary N) is 5. The topological polar surface area (TPSA) is 338 Å². The molecule has 3 amide bonds. The second-order valence-electron chi connectivity index (χ2n) is 16.0. The van der Waals surface area contributed by atoms with Gasteiger partial charge in [-0.15, -0.1) is 0 Å². The Labute approximate surface area is 409 Å². The molecule has 3 aromatic rings. The van der Waals surface area contributed by atoms with Crippen LogP contribution in [0.3, 0.4) is 0 Å². The predicted molar refractivity (Wildman–Crippen MR) is 253 cm³/mol. The summed E-state index contributed by atoms with van der Waals surface area (Å²) in [5.41, 5.74) is 1.58. The summed E-state index contributed by atoms with van der Waals surface area (Å²) in [6, 6.07) is 15.4. The Bertz CT molecular complexity index is 2130. The smallest absolute Gasteiger partial charge is 0.364 e. The lowest BCUT2D eigenvalue weighted by molar-refractivity contribution is -0.312. The Morgan fingerprint density at radius 1 is 0.676 bits per heavy atom. The van der Waals surface area contributed by atoms with Gasteiger partial charge in [-0.1, -0.05) is 54.6 Å². The second kappa shape index (κ2) is 31.8. The summed E-state index contributed by atoms with van der Waals surface area (Å²) >= 11 is 0. The normalized spacial score (nSPS) is 18.6. The van der Waals surface area contributed by atoms with Gasteiger partial charge >= 0.3 is 5.97 Å². The van der Waals surface area contributed by atoms with Crippen LogP contribution in [0.1, 0.15) is 18.9 Å². The number of anilines is 2. The lowest BCUT2D eigenvalue weighted by atomic mass is 9.88. The molecule has 394 valence electrons. The van der Waals surface area contributed by atoms with Crippen LogP contribution in [-0.4, -0.2) is 204 Å². The van der Waals surface area contributed by atoms with E-state index in [1.165, 1.54) is 6.92 Å². The highest BCUT2D eigenvalue weighted by Crippen LogP contribution is 2.33. The molecule has 1 heterocycles. The van der Waals surface area contributed by atoms with Crippen molar-refractivity contribution in [2.45, 2.75) is 56.0 Å². The molecule has 24 nitrogen and oxygen atoms in total. The number of carbonyl (C=O) groups excluding carboxylic acids is 3. The maximum Gasteiger partial charge on any atom is 0.364 e. The van der Waals surface area contributed by atoms with Crippen LogP contribution < -0.4 is 37.4 Å². The third-order valence-electron chi connectivity index (χ3n) is 10.7. The van der Waals surface area contributed by atoms with Gasteiger partial charge < -0.3 is 90.0 Å². The number of carboxylic acid groups (broad SMARTS) is 1. The third-order valence-corrected chi connectivity index (χ3v) is 10.7. The van der Waals surface area contributed by atoms with Crippen molar-refractivity contribution in [3.8, 4) is 11.1 Å². The molecule has 0 aromatic heterocycles. The summed E-state index contributed by atoms with van der Waals surface area (Å²) < 4.78 is 43.9. The van der Waals surface area contributed by atoms with Gasteiger partial charge in [0.25, 0.3) is 16.6 Å². The van der Waals surface area contributed by atoms with E-state index in [4.69, 9.17) is 37.9 Å². The first kappa shape index (κ1) is 58.1. The maximum absolute atomic E-state index is 12.8. The van der Waals surface area contributed by atoms with Crippen LogP contribution in [0.4, 0.5) is 11.4 Å². The average Bonchev–Trinajstić information content (AvgIpc) is 3.36. The van der Waals surface area contributed by atoms with Gasteiger partial charge in [0.2, 0.25) is 17.7 Å². The summed E-state index contributed by atoms with van der Waals surface area (Å²) in [6.45, 7) is 3.34. The average molecular weight is 1010 g/mol. The van der Waals surface area contributed by atoms with Crippen molar-refractivity contribution in [3.05, 3.63) is 80.6 Å². The van der Waals surface area contributed by atoms with Crippen LogP contribution in [-0.2, 0) is 63.5 Å². The van der Waals surface area contributed by atoms with Gasteiger partial charge in [0.15, 0.2) is 0 Å². The van der Waals surface area contributed by atoms with Crippen molar-refractivity contribution in [1.82, 2.24) is 16.0 Å². The van der Waals surface area contributed by atoms with Crippen molar-refractivity contribution >= 4 is 35.1 Å². The van der Waals surface area contributed by atoms with Gasteiger partial charge in [0, 0.05) is 39.5 Å². The molecule has 0 radical (unpaired) electrons. The fourth-order valence-electron chi connectivity index (χ4n) is 7.07. The van der Waals surface area contributed by atoms with Gasteiger partial charge in [0.05, 0.1) is 111 Å². The molecule has 1 aliphatic heterocycles. The van der Waals surface area contributed by atoms with E-state index in [2.05, 4.69) is 26.6 Å². The molecule has 0 saturated carbocycles. The SMILES string of the molecule is CC(=O)NCCOCCOCCOCCOCCNc1c(NCCOCCOCCO[C@]2(C(=O)O)C[C@H](O)[C@@H](NC(=O)CO)[C@H]([C@H](O)[C@H](O)CNC(=O)Cc3ccc(-c4ccccc4)cc3)O2)c(=O)c1=O. The van der Waals surface area contributed by atoms with E-state index in [9.17, 15) is 54.3 Å². The molecule has 4 rings (SSSR count). The van der Waals surface area contributed by atoms with E-state index in [1.807, 2.05) is 42.5 Å². The number of carboxylic acids is 1. The minimum atomic E-state index is -2.58. The number of ether oxygens (including phenoxy) is 8. The number of amides is 3. The Kier molecular flexibility index (Phi) is 26.0. The molecule has 6 atom stereocenters. The Balaban J connectivity index is 1.10. The zero-order chi connectivity index (χ0) is 51.4. The molecule has 1 fully saturated rings. The van der Waals surface area contributed by atoms with Gasteiger partial charge in [-0.25, -0.2) is 4.79 Å². The van der Waals surface area contributed by atoms with Crippen molar-refractivity contribution < 1.29 is 82.6 Å². The second-order valence-corrected chi connectivity index (χ2v) is 16.0. The molecule has 10 N–H and O–H groups in total. The summed E-state index contributed by atoms with van der Waals surface area (Å²) in [5, 5.41) is 65.9. The number of hydrogen-bond acceptors (Lipinski definition) is 20. The summed E-state index contributed by atoms with van der Waals surface area (Å²) in [4.78, 5) is 72.5. The number of carbonyl (C=O) groups is 4. The standard InChI is InChI=1S/C47H67N5O19/c1-31(54)48-11-14-64-17-20-67-23-24-68-21-18-65-15-12-49-40-41(44(61)43(40)60)50-13-16-66-19-22-69-25-26-70-47(46(62)63)28-35(55)39(52-38(58)30-53)45(71-47)42(59)36(56)29-51-37(57)27-32-7-9-34(10-8-32)33-5-3-2-4-6-33/h2-10,35-36,39,42,45,49-50,53,55-56,59H,11-30H2,1H3,(H,48,54)(H,51,57)(H,52,58)(H,62,63)/t35-,36+,39+,42+,45+,47+/m0/s1. The minimum absolute atomic E-state index is 0.0324. The van der Waals surface area contributed by atoms with Crippen molar-refractivity contribution in [3.63, 3.8) is 0 Å². The number of aliphatic hydroxyl groups excluding tert-OH is 4. The lowest BCUT2D eigenvalue weighted by Crippen LogP contribution is -2.68. The molecule has 24 heteroatoms. The summed E-state index contributed by atoms with van der Waals surface area (Å²) in [7, 11) is 0. The number of rotatable bonds is 37. The summed E-state index contributed by atoms with van der Waals surface area (Å²) in [5.74, 6) is -5.87. The van der Waals surface area contributed by atoms with Gasteiger partial charge in [0.1, 0.15) is 30.2 Å². The van der Waals surface area contributed by atoms with E-state index in [0.29, 0.717) is 58.4 Å². The quantitative estimate of drug-likeness (QED) is 0.0211. The molecule has 3 aromatic carbocycles. The molecular weight excluding hydrogens is 939 g/mol. The zero-order valence-corrected chi connectivity index (χ0v) is 39.7. The van der Waals surface area contributed by atoms with E-state index in [0.717, 1.165) is 11.1 Å². The lowest BCUT2D eigenvalue weighted by Gasteiger charge is -2.46. The Morgan fingerprint density at radius 2 is 1.17 bits per heavy atom. The highest BCUT2D eigenvalue weighted by atomic mass is 16.7. The van der Waals surface area contributed by atoms with Crippen molar-refractivity contribution in [2.75, 3.05) is 129 Å². The van der Waals surface area contributed by atoms with E-state index in [-0.39, 0.29) is 69.8 Å². The molecule has 0 unspecified atom stereocenters. The molecule has 0 spiro atoms. The van der Waals surface area contributed by atoms with Crippen molar-refractivity contribution in [2.24, 2.45) is 0 Å². The molecule has 0 bridgehead atoms. The fraction of sp³-hybridized carbons (Fsp3) is 0.574. The maximum atomic E-state index is 12.8. The van der Waals surface area contributed by atoms with Crippen LogP contribution in [0.5, 0.6) is 0 Å². The summed E-state index contributed by atoms with van der Waals surface area (Å²) in [6.07, 6.45) is -8.10. The van der Waals surface area contributed by atoms with E-state index >= 15 is 0 Å². The number of benzene rings is 2. The van der Waals surface area contributed by atoms with Crippen molar-refractivity contribution in [1.29, 1.82) is 0 Å². The Hall–Kier alpha value is -5.48. The van der Waals surface area contributed by atoms with Crippen LogP contribution >= 0.6 is 0 Å². The van der Waals surface area contributed by atoms with E-state index in [1.54, 1.807) is 12.1 Å². The Morgan fingerprint density at radius 3 is 1.68 bits per heavy atom. The first-order chi connectivity index (χ1) is 34.3. The molecule has 71 heavy (non-hydrogen) atoms. The largest absolute Gasteiger partial charge is 0.477 e. The van der Waals surface area contributed by atoms with Gasteiger partial charge in [-0.3, -0.25) is 24.0 Å². The first-order valence-electron chi connectivity index (χ1n) is 23.2. The molecule has 0 aliphatic carbocycles. The van der Waals surface area contributed by atoms with Gasteiger partial charge in [-0.05, 0) is 16.7 Å².